The fourth-order valence-corrected chi connectivity index (χ4v) is 4.15. The van der Waals surface area contributed by atoms with Gasteiger partial charge in [0.2, 0.25) is 15.9 Å². The second-order valence-electron chi connectivity index (χ2n) is 6.01. The summed E-state index contributed by atoms with van der Waals surface area (Å²) in [5.41, 5.74) is 2.07. The first-order valence-electron chi connectivity index (χ1n) is 8.26. The first-order valence-corrected chi connectivity index (χ1v) is 10.1. The molecule has 0 saturated carbocycles. The van der Waals surface area contributed by atoms with Gasteiger partial charge in [-0.2, -0.15) is 0 Å². The Bertz CT molecular complexity index is 1100. The summed E-state index contributed by atoms with van der Waals surface area (Å²) in [5.74, 6) is -0.331. The van der Waals surface area contributed by atoms with Gasteiger partial charge in [0.05, 0.1) is 21.1 Å². The van der Waals surface area contributed by atoms with Gasteiger partial charge in [0, 0.05) is 24.5 Å². The van der Waals surface area contributed by atoms with Crippen molar-refractivity contribution < 1.29 is 13.2 Å². The van der Waals surface area contributed by atoms with Crippen molar-refractivity contribution in [1.82, 2.24) is 9.71 Å². The summed E-state index contributed by atoms with van der Waals surface area (Å²) in [6.07, 6.45) is 1.58. The maximum atomic E-state index is 12.6. The number of anilines is 1. The van der Waals surface area contributed by atoms with Gasteiger partial charge in [-0.25, -0.2) is 13.1 Å². The monoisotopic (exact) mass is 403 g/mol. The van der Waals surface area contributed by atoms with Crippen molar-refractivity contribution in [2.45, 2.75) is 18.2 Å². The number of benzene rings is 2. The second kappa shape index (κ2) is 8.04. The van der Waals surface area contributed by atoms with Gasteiger partial charge in [-0.3, -0.25) is 9.78 Å². The van der Waals surface area contributed by atoms with E-state index in [1.807, 2.05) is 13.0 Å². The molecule has 3 aromatic rings. The first kappa shape index (κ1) is 19.3. The summed E-state index contributed by atoms with van der Waals surface area (Å²) < 4.78 is 27.6. The molecule has 3 rings (SSSR count). The van der Waals surface area contributed by atoms with E-state index in [1.165, 1.54) is 6.07 Å². The lowest BCUT2D eigenvalue weighted by atomic mass is 10.2. The minimum atomic E-state index is -3.77. The molecule has 1 amide bonds. The number of sulfonamides is 1. The minimum absolute atomic E-state index is 0.0214. The highest BCUT2D eigenvalue weighted by Gasteiger charge is 2.17. The molecule has 1 aromatic heterocycles. The summed E-state index contributed by atoms with van der Waals surface area (Å²) in [5, 5.41) is 3.65. The molecule has 0 saturated heterocycles. The average Bonchev–Trinajstić information content (AvgIpc) is 2.63. The van der Waals surface area contributed by atoms with Crippen LogP contribution in [0.15, 0.2) is 59.6 Å². The lowest BCUT2D eigenvalue weighted by molar-refractivity contribution is -0.116. The molecular formula is C19H18ClN3O3S. The molecule has 140 valence electrons. The van der Waals surface area contributed by atoms with E-state index in [1.54, 1.807) is 42.6 Å². The van der Waals surface area contributed by atoms with E-state index >= 15 is 0 Å². The molecule has 0 aliphatic heterocycles. The number of amides is 1. The summed E-state index contributed by atoms with van der Waals surface area (Å²) >= 11 is 6.08. The predicted molar refractivity (Wildman–Crippen MR) is 106 cm³/mol. The largest absolute Gasteiger partial charge is 0.325 e. The van der Waals surface area contributed by atoms with E-state index in [9.17, 15) is 13.2 Å². The second-order valence-corrected chi connectivity index (χ2v) is 8.15. The highest BCUT2D eigenvalue weighted by Crippen LogP contribution is 2.23. The Balaban J connectivity index is 1.64. The van der Waals surface area contributed by atoms with Gasteiger partial charge in [-0.1, -0.05) is 23.7 Å². The molecule has 8 heteroatoms. The topological polar surface area (TPSA) is 88.2 Å². The van der Waals surface area contributed by atoms with Crippen molar-refractivity contribution in [2.75, 3.05) is 11.9 Å². The van der Waals surface area contributed by atoms with Crippen LogP contribution in [-0.4, -0.2) is 25.9 Å². The molecule has 27 heavy (non-hydrogen) atoms. The molecule has 0 radical (unpaired) electrons. The molecular weight excluding hydrogens is 386 g/mol. The Morgan fingerprint density at radius 3 is 2.74 bits per heavy atom. The number of halogens is 1. The molecule has 6 nitrogen and oxygen atoms in total. The van der Waals surface area contributed by atoms with Crippen molar-refractivity contribution in [3.8, 4) is 0 Å². The van der Waals surface area contributed by atoms with E-state index in [0.29, 0.717) is 21.6 Å². The Hall–Kier alpha value is -2.48. The number of aryl methyl sites for hydroxylation is 1. The zero-order valence-electron chi connectivity index (χ0n) is 14.6. The zero-order valence-corrected chi connectivity index (χ0v) is 16.1. The van der Waals surface area contributed by atoms with Gasteiger partial charge in [0.15, 0.2) is 0 Å². The number of rotatable bonds is 6. The summed E-state index contributed by atoms with van der Waals surface area (Å²) in [7, 11) is -3.77. The maximum Gasteiger partial charge on any atom is 0.241 e. The first-order chi connectivity index (χ1) is 12.9. The van der Waals surface area contributed by atoms with Gasteiger partial charge >= 0.3 is 0 Å². The third kappa shape index (κ3) is 4.63. The number of fused-ring (bicyclic) bond motifs is 1. The van der Waals surface area contributed by atoms with E-state index in [-0.39, 0.29) is 23.8 Å². The molecule has 2 aromatic carbocycles. The Morgan fingerprint density at radius 1 is 1.15 bits per heavy atom. The molecule has 0 bridgehead atoms. The molecule has 0 fully saturated rings. The van der Waals surface area contributed by atoms with Crippen molar-refractivity contribution in [3.63, 3.8) is 0 Å². The predicted octanol–water partition coefficient (Wildman–Crippen LogP) is 3.50. The Labute approximate surface area is 162 Å². The third-order valence-electron chi connectivity index (χ3n) is 3.94. The molecule has 0 aliphatic carbocycles. The quantitative estimate of drug-likeness (QED) is 0.659. The van der Waals surface area contributed by atoms with Crippen molar-refractivity contribution >= 4 is 44.1 Å². The summed E-state index contributed by atoms with van der Waals surface area (Å²) in [6.45, 7) is 1.86. The normalized spacial score (nSPS) is 11.5. The fraction of sp³-hybridized carbons (Fsp3) is 0.158. The third-order valence-corrected chi connectivity index (χ3v) is 5.77. The van der Waals surface area contributed by atoms with Crippen LogP contribution in [-0.2, 0) is 14.8 Å². The van der Waals surface area contributed by atoms with E-state index in [0.717, 1.165) is 5.56 Å². The number of carbonyl (C=O) groups is 1. The lowest BCUT2D eigenvalue weighted by Gasteiger charge is -2.10. The van der Waals surface area contributed by atoms with Crippen LogP contribution in [0.4, 0.5) is 5.69 Å². The number of aromatic nitrogens is 1. The van der Waals surface area contributed by atoms with Gasteiger partial charge in [0.25, 0.3) is 0 Å². The smallest absolute Gasteiger partial charge is 0.241 e. The molecule has 0 atom stereocenters. The van der Waals surface area contributed by atoms with Crippen LogP contribution < -0.4 is 10.0 Å². The zero-order chi connectivity index (χ0) is 19.4. The minimum Gasteiger partial charge on any atom is -0.325 e. The molecule has 0 spiro atoms. The van der Waals surface area contributed by atoms with Gasteiger partial charge in [0.1, 0.15) is 0 Å². The number of hydrogen-bond donors (Lipinski definition) is 2. The SMILES string of the molecule is Cc1ccc(NC(=O)CCNS(=O)(=O)c2cccc3ncccc23)c(Cl)c1. The number of carbonyl (C=O) groups excluding carboxylic acids is 1. The fourth-order valence-electron chi connectivity index (χ4n) is 2.62. The van der Waals surface area contributed by atoms with Crippen molar-refractivity contribution in [1.29, 1.82) is 0 Å². The molecule has 0 aliphatic rings. The Morgan fingerprint density at radius 2 is 1.96 bits per heavy atom. The van der Waals surface area contributed by atoms with Gasteiger partial charge < -0.3 is 5.32 Å². The van der Waals surface area contributed by atoms with E-state index in [4.69, 9.17) is 11.6 Å². The maximum absolute atomic E-state index is 12.6. The number of hydrogen-bond acceptors (Lipinski definition) is 4. The average molecular weight is 404 g/mol. The van der Waals surface area contributed by atoms with Crippen LogP contribution in [0.25, 0.3) is 10.9 Å². The number of pyridine rings is 1. The van der Waals surface area contributed by atoms with Crippen LogP contribution in [0.1, 0.15) is 12.0 Å². The number of nitrogens with zero attached hydrogens (tertiary/aromatic N) is 1. The molecule has 1 heterocycles. The number of nitrogens with one attached hydrogen (secondary N) is 2. The summed E-state index contributed by atoms with van der Waals surface area (Å²) in [6, 6.07) is 13.6. The van der Waals surface area contributed by atoms with Crippen molar-refractivity contribution in [2.24, 2.45) is 0 Å². The highest BCUT2D eigenvalue weighted by molar-refractivity contribution is 7.89. The lowest BCUT2D eigenvalue weighted by Crippen LogP contribution is -2.28. The molecule has 0 unspecified atom stereocenters. The van der Waals surface area contributed by atoms with Crippen LogP contribution in [0, 0.1) is 6.92 Å². The van der Waals surface area contributed by atoms with E-state index in [2.05, 4.69) is 15.0 Å². The summed E-state index contributed by atoms with van der Waals surface area (Å²) in [4.78, 5) is 16.4. The molecule has 2 N–H and O–H groups in total. The van der Waals surface area contributed by atoms with Gasteiger partial charge in [-0.05, 0) is 48.9 Å². The van der Waals surface area contributed by atoms with Crippen molar-refractivity contribution in [3.05, 3.63) is 65.3 Å². The Kier molecular flexibility index (Phi) is 5.74. The van der Waals surface area contributed by atoms with Crippen LogP contribution in [0.2, 0.25) is 5.02 Å². The van der Waals surface area contributed by atoms with Gasteiger partial charge in [-0.15, -0.1) is 0 Å². The van der Waals surface area contributed by atoms with E-state index < -0.39 is 10.0 Å². The van der Waals surface area contributed by atoms with Crippen LogP contribution in [0.3, 0.4) is 0 Å². The standard InChI is InChI=1S/C19H18ClN3O3S/c1-13-7-8-17(15(20)12-13)23-19(24)9-11-22-27(25,26)18-6-2-5-16-14(18)4-3-10-21-16/h2-8,10,12,22H,9,11H2,1H3,(H,23,24). The van der Waals surface area contributed by atoms with Crippen LogP contribution >= 0.6 is 11.6 Å². The van der Waals surface area contributed by atoms with Crippen LogP contribution in [0.5, 0.6) is 0 Å². The highest BCUT2D eigenvalue weighted by atomic mass is 35.5.